The minimum atomic E-state index is -1.30. The van der Waals surface area contributed by atoms with Gasteiger partial charge in [0.05, 0.1) is 14.2 Å². The molecule has 0 spiro atoms. The van der Waals surface area contributed by atoms with Gasteiger partial charge in [0.15, 0.2) is 0 Å². The van der Waals surface area contributed by atoms with Crippen molar-refractivity contribution in [3.8, 4) is 11.5 Å². The standard InChI is InChI=1S/C9H9O4.2Li/c1-12-6-3-4-7(9(10)11)8(5-6)13-2;;/h3-4H,1-2H3,(H,10,11);;/q-1;2*+1/p-1. The van der Waals surface area contributed by atoms with Crippen LogP contribution < -0.4 is 52.3 Å². The van der Waals surface area contributed by atoms with Crippen molar-refractivity contribution < 1.29 is 57.1 Å². The molecule has 0 atom stereocenters. The van der Waals surface area contributed by atoms with Crippen LogP contribution in [0.4, 0.5) is 0 Å². The van der Waals surface area contributed by atoms with Crippen LogP contribution in [-0.4, -0.2) is 20.2 Å². The predicted molar refractivity (Wildman–Crippen MR) is 42.7 cm³/mol. The summed E-state index contributed by atoms with van der Waals surface area (Å²) in [7, 11) is 2.82. The Kier molecular flexibility index (Phi) is 8.71. The van der Waals surface area contributed by atoms with Crippen molar-refractivity contribution in [3.63, 3.8) is 0 Å². The number of carboxylic acid groups (broad SMARTS) is 1. The van der Waals surface area contributed by atoms with Crippen LogP contribution in [-0.2, 0) is 0 Å². The van der Waals surface area contributed by atoms with Crippen LogP contribution in [0.1, 0.15) is 10.4 Å². The van der Waals surface area contributed by atoms with Crippen molar-refractivity contribution in [2.45, 2.75) is 0 Å². The van der Waals surface area contributed by atoms with Crippen LogP contribution >= 0.6 is 0 Å². The van der Waals surface area contributed by atoms with Gasteiger partial charge in [-0.1, -0.05) is 11.6 Å². The van der Waals surface area contributed by atoms with E-state index in [9.17, 15) is 9.90 Å². The van der Waals surface area contributed by atoms with Gasteiger partial charge in [0.1, 0.15) is 0 Å². The molecule has 0 unspecified atom stereocenters. The summed E-state index contributed by atoms with van der Waals surface area (Å²) < 4.78 is 9.64. The van der Waals surface area contributed by atoms with E-state index in [4.69, 9.17) is 9.47 Å². The van der Waals surface area contributed by atoms with E-state index in [1.807, 2.05) is 0 Å². The van der Waals surface area contributed by atoms with Gasteiger partial charge in [0.2, 0.25) is 0 Å². The van der Waals surface area contributed by atoms with Crippen LogP contribution in [0.25, 0.3) is 0 Å². The van der Waals surface area contributed by atoms with E-state index in [0.717, 1.165) is 0 Å². The van der Waals surface area contributed by atoms with Crippen LogP contribution in [0.3, 0.4) is 0 Å². The summed E-state index contributed by atoms with van der Waals surface area (Å²) >= 11 is 0. The van der Waals surface area contributed by atoms with E-state index < -0.39 is 5.97 Å². The SMILES string of the molecule is COc1[c-]c(OC)c(C(=O)[O-])cc1.[Li+].[Li+]. The molecule has 0 fully saturated rings. The van der Waals surface area contributed by atoms with Gasteiger partial charge in [0.25, 0.3) is 0 Å². The second-order valence-corrected chi connectivity index (χ2v) is 2.26. The maximum atomic E-state index is 10.5. The number of carboxylic acids is 1. The van der Waals surface area contributed by atoms with E-state index >= 15 is 0 Å². The number of ether oxygens (including phenoxy) is 2. The number of carbonyl (C=O) groups is 1. The molecule has 0 aliphatic carbocycles. The Morgan fingerprint density at radius 1 is 1.27 bits per heavy atom. The van der Waals surface area contributed by atoms with Gasteiger partial charge >= 0.3 is 37.7 Å². The average Bonchev–Trinajstić information content (AvgIpc) is 2.16. The number of benzene rings is 1. The molecular weight excluding hydrogens is 186 g/mol. The largest absolute Gasteiger partial charge is 1.00 e. The molecule has 0 aromatic heterocycles. The Labute approximate surface area is 112 Å². The summed E-state index contributed by atoms with van der Waals surface area (Å²) in [4.78, 5) is 10.5. The fraction of sp³-hybridized carbons (Fsp3) is 0.222. The van der Waals surface area contributed by atoms with Gasteiger partial charge in [-0.05, 0) is 0 Å². The Hall–Kier alpha value is -0.515. The number of carbonyl (C=O) groups excluding carboxylic acids is 1. The van der Waals surface area contributed by atoms with Gasteiger partial charge in [-0.3, -0.25) is 0 Å². The molecule has 1 rings (SSSR count). The average molecular weight is 194 g/mol. The van der Waals surface area contributed by atoms with E-state index in [1.165, 1.54) is 26.4 Å². The summed E-state index contributed by atoms with van der Waals surface area (Å²) in [5.41, 5.74) is -0.0386. The summed E-state index contributed by atoms with van der Waals surface area (Å²) in [5, 5.41) is 10.5. The van der Waals surface area contributed by atoms with Gasteiger partial charge in [-0.25, -0.2) is 0 Å². The first-order valence-electron chi connectivity index (χ1n) is 3.54. The Morgan fingerprint density at radius 2 is 1.87 bits per heavy atom. The Bertz CT molecular complexity index is 328. The third kappa shape index (κ3) is 4.24. The molecule has 6 heteroatoms. The topological polar surface area (TPSA) is 58.6 Å². The molecule has 70 valence electrons. The minimum Gasteiger partial charge on any atom is -0.559 e. The zero-order valence-electron chi connectivity index (χ0n) is 9.29. The molecule has 15 heavy (non-hydrogen) atoms. The van der Waals surface area contributed by atoms with Gasteiger partial charge in [-0.2, -0.15) is 6.07 Å². The normalized spacial score (nSPS) is 8.13. The van der Waals surface area contributed by atoms with Gasteiger partial charge in [-0.15, -0.1) is 6.07 Å². The van der Waals surface area contributed by atoms with Crippen LogP contribution in [0.15, 0.2) is 12.1 Å². The molecule has 1 aromatic carbocycles. The third-order valence-corrected chi connectivity index (χ3v) is 1.53. The van der Waals surface area contributed by atoms with E-state index in [2.05, 4.69) is 6.07 Å². The second kappa shape index (κ2) is 7.73. The molecule has 0 saturated heterocycles. The number of aromatic carboxylic acids is 1. The molecule has 1 aromatic rings. The smallest absolute Gasteiger partial charge is 0.559 e. The van der Waals surface area contributed by atoms with Gasteiger partial charge < -0.3 is 19.4 Å². The van der Waals surface area contributed by atoms with Crippen LogP contribution in [0.5, 0.6) is 11.5 Å². The molecule has 0 N–H and O–H groups in total. The fourth-order valence-electron chi connectivity index (χ4n) is 0.896. The van der Waals surface area contributed by atoms with Crippen molar-refractivity contribution in [1.29, 1.82) is 0 Å². The van der Waals surface area contributed by atoms with Crippen molar-refractivity contribution in [2.24, 2.45) is 0 Å². The van der Waals surface area contributed by atoms with Crippen LogP contribution in [0, 0.1) is 6.07 Å². The van der Waals surface area contributed by atoms with E-state index in [-0.39, 0.29) is 49.0 Å². The molecule has 4 nitrogen and oxygen atoms in total. The van der Waals surface area contributed by atoms with Crippen molar-refractivity contribution in [1.82, 2.24) is 0 Å². The molecule has 0 amide bonds. The summed E-state index contributed by atoms with van der Waals surface area (Å²) in [6.07, 6.45) is 0. The summed E-state index contributed by atoms with van der Waals surface area (Å²) in [6, 6.07) is 5.46. The first-order valence-corrected chi connectivity index (χ1v) is 3.54. The second-order valence-electron chi connectivity index (χ2n) is 2.26. The van der Waals surface area contributed by atoms with E-state index in [1.54, 1.807) is 0 Å². The summed E-state index contributed by atoms with van der Waals surface area (Å²) in [5.74, 6) is -0.767. The Balaban J connectivity index is 0. The molecule has 0 saturated carbocycles. The number of methoxy groups -OCH3 is 2. The minimum absolute atomic E-state index is 0. The van der Waals surface area contributed by atoms with Crippen molar-refractivity contribution in [3.05, 3.63) is 23.8 Å². The first kappa shape index (κ1) is 16.9. The third-order valence-electron chi connectivity index (χ3n) is 1.53. The van der Waals surface area contributed by atoms with Gasteiger partial charge in [0, 0.05) is 17.5 Å². The fourth-order valence-corrected chi connectivity index (χ4v) is 0.896. The first-order chi connectivity index (χ1) is 6.19. The maximum Gasteiger partial charge on any atom is 1.00 e. The molecular formula is C9H8Li2O4. The van der Waals surface area contributed by atoms with Crippen molar-refractivity contribution >= 4 is 5.97 Å². The molecule has 0 bridgehead atoms. The number of hydrogen-bond donors (Lipinski definition) is 0. The summed E-state index contributed by atoms with van der Waals surface area (Å²) in [6.45, 7) is 0. The zero-order valence-corrected chi connectivity index (χ0v) is 9.29. The monoisotopic (exact) mass is 194 g/mol. The van der Waals surface area contributed by atoms with Crippen molar-refractivity contribution in [2.75, 3.05) is 14.2 Å². The quantitative estimate of drug-likeness (QED) is 0.355. The Morgan fingerprint density at radius 3 is 2.27 bits per heavy atom. The molecule has 0 aliphatic heterocycles. The number of hydrogen-bond acceptors (Lipinski definition) is 4. The molecule has 0 aliphatic rings. The maximum absolute atomic E-state index is 10.5. The van der Waals surface area contributed by atoms with Crippen LogP contribution in [0.2, 0.25) is 0 Å². The predicted octanol–water partition coefficient (Wildman–Crippen LogP) is -6.12. The van der Waals surface area contributed by atoms with E-state index in [0.29, 0.717) is 5.75 Å². The molecule has 0 radical (unpaired) electrons. The number of rotatable bonds is 3. The zero-order chi connectivity index (χ0) is 9.84. The molecule has 0 heterocycles.